The summed E-state index contributed by atoms with van der Waals surface area (Å²) in [6, 6.07) is 13.7. The van der Waals surface area contributed by atoms with Crippen LogP contribution in [0.4, 0.5) is 5.69 Å². The fourth-order valence-corrected chi connectivity index (χ4v) is 5.93. The monoisotopic (exact) mass is 429 g/mol. The van der Waals surface area contributed by atoms with Crippen LogP contribution < -0.4 is 14.4 Å². The topological polar surface area (TPSA) is 72.9 Å². The van der Waals surface area contributed by atoms with E-state index >= 15 is 0 Å². The Morgan fingerprint density at radius 2 is 1.59 bits per heavy atom. The molecule has 2 bridgehead atoms. The summed E-state index contributed by atoms with van der Waals surface area (Å²) in [7, 11) is 1.55. The highest BCUT2D eigenvalue weighted by Crippen LogP contribution is 2.65. The molecule has 1 aliphatic heterocycles. The van der Waals surface area contributed by atoms with Gasteiger partial charge in [-0.15, -0.1) is 0 Å². The number of anilines is 1. The molecule has 2 aromatic carbocycles. The van der Waals surface area contributed by atoms with E-state index in [0.29, 0.717) is 34.6 Å². The van der Waals surface area contributed by atoms with Gasteiger partial charge in [0.1, 0.15) is 11.5 Å². The van der Waals surface area contributed by atoms with Gasteiger partial charge in [0.25, 0.3) is 0 Å². The first-order valence-corrected chi connectivity index (χ1v) is 11.0. The van der Waals surface area contributed by atoms with Crippen LogP contribution in [0.25, 0.3) is 0 Å². The number of allylic oxidation sites excluding steroid dienone is 2. The summed E-state index contributed by atoms with van der Waals surface area (Å²) in [4.78, 5) is 40.2. The molecule has 162 valence electrons. The van der Waals surface area contributed by atoms with Crippen molar-refractivity contribution in [1.82, 2.24) is 0 Å². The molecule has 32 heavy (non-hydrogen) atoms. The Balaban J connectivity index is 1.15. The summed E-state index contributed by atoms with van der Waals surface area (Å²) in [6.45, 7) is -0.115. The summed E-state index contributed by atoms with van der Waals surface area (Å²) in [5, 5.41) is 0. The number of amides is 2. The maximum atomic E-state index is 13.2. The molecular weight excluding hydrogens is 406 g/mol. The maximum Gasteiger partial charge on any atom is 0.238 e. The molecule has 7 rings (SSSR count). The first-order chi connectivity index (χ1) is 15.6. The molecule has 2 aromatic rings. The average Bonchev–Trinajstić information content (AvgIpc) is 3.61. The van der Waals surface area contributed by atoms with Gasteiger partial charge in [0.05, 0.1) is 24.6 Å². The molecule has 5 aliphatic rings. The third kappa shape index (κ3) is 2.82. The van der Waals surface area contributed by atoms with E-state index in [1.54, 1.807) is 55.6 Å². The van der Waals surface area contributed by atoms with Crippen LogP contribution in [-0.2, 0) is 9.59 Å². The van der Waals surface area contributed by atoms with Crippen molar-refractivity contribution in [3.63, 3.8) is 0 Å². The van der Waals surface area contributed by atoms with Crippen molar-refractivity contribution in [1.29, 1.82) is 0 Å². The zero-order valence-corrected chi connectivity index (χ0v) is 17.6. The first-order valence-electron chi connectivity index (χ1n) is 11.0. The third-order valence-electron chi connectivity index (χ3n) is 7.52. The van der Waals surface area contributed by atoms with Crippen LogP contribution in [0.15, 0.2) is 60.7 Å². The summed E-state index contributed by atoms with van der Waals surface area (Å²) in [5.41, 5.74) is 1.08. The number of carbonyl (C=O) groups excluding carboxylic acids is 3. The van der Waals surface area contributed by atoms with E-state index in [1.165, 1.54) is 4.90 Å². The van der Waals surface area contributed by atoms with E-state index < -0.39 is 0 Å². The van der Waals surface area contributed by atoms with Crippen LogP contribution in [0.1, 0.15) is 16.8 Å². The number of ketones is 1. The predicted molar refractivity (Wildman–Crippen MR) is 116 cm³/mol. The summed E-state index contributed by atoms with van der Waals surface area (Å²) >= 11 is 0. The Morgan fingerprint density at radius 1 is 0.938 bits per heavy atom. The van der Waals surface area contributed by atoms with Crippen molar-refractivity contribution in [2.75, 3.05) is 18.6 Å². The van der Waals surface area contributed by atoms with Gasteiger partial charge >= 0.3 is 0 Å². The van der Waals surface area contributed by atoms with Gasteiger partial charge in [0.2, 0.25) is 11.8 Å². The quantitative estimate of drug-likeness (QED) is 0.399. The van der Waals surface area contributed by atoms with Crippen molar-refractivity contribution >= 4 is 23.3 Å². The summed E-state index contributed by atoms with van der Waals surface area (Å²) in [6.07, 6.45) is 5.49. The number of carbonyl (C=O) groups is 3. The lowest BCUT2D eigenvalue weighted by Gasteiger charge is -2.37. The Hall–Kier alpha value is -3.41. The molecule has 0 N–H and O–H groups in total. The largest absolute Gasteiger partial charge is 0.497 e. The molecule has 1 saturated heterocycles. The number of Topliss-reactive ketones (excluding diaryl/α,β-unsaturated/α-hetero) is 1. The molecule has 6 nitrogen and oxygen atoms in total. The van der Waals surface area contributed by atoms with E-state index in [1.807, 2.05) is 0 Å². The fraction of sp³-hybridized carbons (Fsp3) is 0.346. The van der Waals surface area contributed by atoms with Gasteiger partial charge in [-0.05, 0) is 66.5 Å². The van der Waals surface area contributed by atoms with Gasteiger partial charge in [-0.2, -0.15) is 0 Å². The Labute approximate surface area is 185 Å². The lowest BCUT2D eigenvalue weighted by molar-refractivity contribution is -0.124. The minimum Gasteiger partial charge on any atom is -0.497 e. The first kappa shape index (κ1) is 19.3. The molecule has 2 saturated carbocycles. The van der Waals surface area contributed by atoms with Crippen LogP contribution in [0, 0.1) is 35.5 Å². The number of hydrogen-bond acceptors (Lipinski definition) is 5. The van der Waals surface area contributed by atoms with Crippen LogP contribution in [0.2, 0.25) is 0 Å². The molecule has 6 heteroatoms. The van der Waals surface area contributed by atoms with Gasteiger partial charge in [0, 0.05) is 5.56 Å². The van der Waals surface area contributed by atoms with E-state index in [9.17, 15) is 14.4 Å². The number of imide groups is 1. The molecule has 1 heterocycles. The Morgan fingerprint density at radius 3 is 2.22 bits per heavy atom. The minimum absolute atomic E-state index is 0.0772. The van der Waals surface area contributed by atoms with Crippen molar-refractivity contribution in [3.8, 4) is 11.5 Å². The lowest BCUT2D eigenvalue weighted by atomic mass is 9.63. The van der Waals surface area contributed by atoms with Crippen LogP contribution in [-0.4, -0.2) is 31.3 Å². The second-order valence-corrected chi connectivity index (χ2v) is 9.10. The maximum absolute atomic E-state index is 13.2. The highest BCUT2D eigenvalue weighted by atomic mass is 16.5. The van der Waals surface area contributed by atoms with Crippen molar-refractivity contribution in [3.05, 3.63) is 66.2 Å². The van der Waals surface area contributed by atoms with Crippen molar-refractivity contribution in [2.45, 2.75) is 6.42 Å². The molecule has 2 amide bonds. The highest BCUT2D eigenvalue weighted by molar-refractivity contribution is 6.22. The van der Waals surface area contributed by atoms with Crippen molar-refractivity contribution < 1.29 is 23.9 Å². The minimum atomic E-state index is -0.210. The molecule has 0 spiro atoms. The Bertz CT molecular complexity index is 1120. The van der Waals surface area contributed by atoms with E-state index in [4.69, 9.17) is 9.47 Å². The smallest absolute Gasteiger partial charge is 0.238 e. The Kier molecular flexibility index (Phi) is 4.25. The van der Waals surface area contributed by atoms with Crippen LogP contribution >= 0.6 is 0 Å². The number of hydrogen-bond donors (Lipinski definition) is 0. The standard InChI is InChI=1S/C26H23NO5/c1-31-17-4-2-3-14(11-17)22(28)13-32-16-7-5-15(6-8-16)27-25(29)23-18-9-10-19(21-12-20(18)21)24(23)26(27)30/h2-11,18-21,23-24H,12-13H2,1H3/t18-,19+,20+,21-,23-,24+. The van der Waals surface area contributed by atoms with E-state index in [2.05, 4.69) is 12.2 Å². The number of ether oxygens (including phenoxy) is 2. The SMILES string of the molecule is COc1cccc(C(=O)COc2ccc(N3C(=O)[C@@H]4[C@@H]5C=C[C@@H]([C@H]6C[C@@H]56)[C@@H]4C3=O)cc2)c1. The zero-order chi connectivity index (χ0) is 22.0. The third-order valence-corrected chi connectivity index (χ3v) is 7.52. The molecule has 0 aromatic heterocycles. The molecule has 6 atom stereocenters. The second-order valence-electron chi connectivity index (χ2n) is 9.10. The van der Waals surface area contributed by atoms with Crippen LogP contribution in [0.3, 0.4) is 0 Å². The number of benzene rings is 2. The molecule has 0 radical (unpaired) electrons. The van der Waals surface area contributed by atoms with Crippen molar-refractivity contribution in [2.24, 2.45) is 35.5 Å². The number of nitrogens with zero attached hydrogens (tertiary/aromatic N) is 1. The number of rotatable bonds is 6. The molecule has 4 aliphatic carbocycles. The van der Waals surface area contributed by atoms with Gasteiger partial charge in [-0.1, -0.05) is 24.3 Å². The zero-order valence-electron chi connectivity index (χ0n) is 17.6. The molecule has 3 fully saturated rings. The van der Waals surface area contributed by atoms with Gasteiger partial charge in [0.15, 0.2) is 12.4 Å². The summed E-state index contributed by atoms with van der Waals surface area (Å²) < 4.78 is 10.8. The number of methoxy groups -OCH3 is 1. The average molecular weight is 429 g/mol. The normalized spacial score (nSPS) is 31.3. The second kappa shape index (κ2) is 7.05. The van der Waals surface area contributed by atoms with E-state index in [-0.39, 0.29) is 47.9 Å². The molecule has 0 unspecified atom stereocenters. The van der Waals surface area contributed by atoms with Gasteiger partial charge in [-0.3, -0.25) is 19.3 Å². The van der Waals surface area contributed by atoms with Gasteiger partial charge < -0.3 is 9.47 Å². The fourth-order valence-electron chi connectivity index (χ4n) is 5.93. The van der Waals surface area contributed by atoms with E-state index in [0.717, 1.165) is 6.42 Å². The molecular formula is C26H23NO5. The van der Waals surface area contributed by atoms with Gasteiger partial charge in [-0.25, -0.2) is 0 Å². The highest BCUT2D eigenvalue weighted by Gasteiger charge is 2.67. The predicted octanol–water partition coefficient (Wildman–Crippen LogP) is 3.51. The summed E-state index contributed by atoms with van der Waals surface area (Å²) in [5.74, 6) is 1.97. The lowest BCUT2D eigenvalue weighted by Crippen LogP contribution is -2.40. The van der Waals surface area contributed by atoms with Crippen LogP contribution in [0.5, 0.6) is 11.5 Å².